The number of hydrogen-bond acceptors (Lipinski definition) is 3. The second-order valence-electron chi connectivity index (χ2n) is 6.00. The number of rotatable bonds is 5. The van der Waals surface area contributed by atoms with E-state index in [4.69, 9.17) is 4.74 Å². The molecule has 3 N–H and O–H groups in total. The molecule has 1 heterocycles. The van der Waals surface area contributed by atoms with E-state index in [0.717, 1.165) is 5.69 Å². The molecule has 0 saturated heterocycles. The first-order chi connectivity index (χ1) is 8.94. The van der Waals surface area contributed by atoms with Gasteiger partial charge < -0.3 is 20.4 Å². The maximum absolute atomic E-state index is 11.7. The van der Waals surface area contributed by atoms with Gasteiger partial charge in [0.2, 0.25) is 0 Å². The number of H-pyrrole nitrogens is 1. The van der Waals surface area contributed by atoms with Crippen molar-refractivity contribution in [2.24, 2.45) is 0 Å². The number of nitrogens with one attached hydrogen (secondary N) is 3. The van der Waals surface area contributed by atoms with Crippen LogP contribution >= 0.6 is 0 Å². The second-order valence-corrected chi connectivity index (χ2v) is 6.00. The minimum absolute atomic E-state index is 0.106. The molecule has 19 heavy (non-hydrogen) atoms. The molecule has 1 fully saturated rings. The highest BCUT2D eigenvalue weighted by molar-refractivity contribution is 5.67. The average molecular weight is 265 g/mol. The summed E-state index contributed by atoms with van der Waals surface area (Å²) >= 11 is 0. The molecule has 1 aliphatic rings. The van der Waals surface area contributed by atoms with Crippen LogP contribution in [-0.2, 0) is 4.74 Å². The van der Waals surface area contributed by atoms with Crippen molar-refractivity contribution in [2.45, 2.75) is 51.3 Å². The molecule has 1 atom stereocenters. The topological polar surface area (TPSA) is 66.2 Å². The first-order valence-corrected chi connectivity index (χ1v) is 6.80. The van der Waals surface area contributed by atoms with Gasteiger partial charge in [-0.3, -0.25) is 0 Å². The highest BCUT2D eigenvalue weighted by Gasteiger charge is 2.26. The molecule has 1 saturated carbocycles. The first-order valence-electron chi connectivity index (χ1n) is 6.80. The molecule has 1 unspecified atom stereocenters. The van der Waals surface area contributed by atoms with Gasteiger partial charge in [0.05, 0.1) is 6.04 Å². The Balaban J connectivity index is 1.84. The minimum atomic E-state index is -0.462. The van der Waals surface area contributed by atoms with Crippen molar-refractivity contribution in [3.05, 3.63) is 24.0 Å². The Labute approximate surface area is 114 Å². The third-order valence-corrected chi connectivity index (χ3v) is 2.86. The summed E-state index contributed by atoms with van der Waals surface area (Å²) in [5.74, 6) is 0. The predicted octanol–water partition coefficient (Wildman–Crippen LogP) is 2.33. The third kappa shape index (κ3) is 4.95. The zero-order valence-electron chi connectivity index (χ0n) is 11.8. The van der Waals surface area contributed by atoms with E-state index in [9.17, 15) is 4.79 Å². The van der Waals surface area contributed by atoms with E-state index >= 15 is 0 Å². The molecular formula is C14H23N3O2. The Kier molecular flexibility index (Phi) is 4.14. The van der Waals surface area contributed by atoms with Gasteiger partial charge in [0.25, 0.3) is 0 Å². The smallest absolute Gasteiger partial charge is 0.407 e. The van der Waals surface area contributed by atoms with E-state index in [1.807, 2.05) is 39.1 Å². The van der Waals surface area contributed by atoms with Crippen LogP contribution in [0.25, 0.3) is 0 Å². The lowest BCUT2D eigenvalue weighted by molar-refractivity contribution is 0.0522. The molecule has 5 heteroatoms. The molecule has 1 aromatic rings. The predicted molar refractivity (Wildman–Crippen MR) is 73.9 cm³/mol. The molecule has 0 radical (unpaired) electrons. The maximum Gasteiger partial charge on any atom is 0.407 e. The van der Waals surface area contributed by atoms with Crippen LogP contribution in [0.2, 0.25) is 0 Å². The molecule has 1 amide bonds. The lowest BCUT2D eigenvalue weighted by Crippen LogP contribution is -2.39. The third-order valence-electron chi connectivity index (χ3n) is 2.86. The van der Waals surface area contributed by atoms with Gasteiger partial charge in [-0.1, -0.05) is 0 Å². The molecule has 0 bridgehead atoms. The van der Waals surface area contributed by atoms with Crippen LogP contribution < -0.4 is 10.6 Å². The first kappa shape index (κ1) is 13.9. The van der Waals surface area contributed by atoms with Crippen LogP contribution in [0.5, 0.6) is 0 Å². The average Bonchev–Trinajstić information content (AvgIpc) is 2.93. The van der Waals surface area contributed by atoms with Crippen LogP contribution in [0.3, 0.4) is 0 Å². The molecule has 5 nitrogen and oxygen atoms in total. The normalized spacial score (nSPS) is 17.0. The zero-order valence-corrected chi connectivity index (χ0v) is 11.8. The van der Waals surface area contributed by atoms with Crippen LogP contribution in [0.4, 0.5) is 4.79 Å². The van der Waals surface area contributed by atoms with Crippen LogP contribution in [0.1, 0.15) is 45.3 Å². The summed E-state index contributed by atoms with van der Waals surface area (Å²) in [6.45, 7) is 6.10. The van der Waals surface area contributed by atoms with Gasteiger partial charge in [-0.15, -0.1) is 0 Å². The number of alkyl carbamates (subject to hydrolysis) is 1. The van der Waals surface area contributed by atoms with Gasteiger partial charge in [0.15, 0.2) is 0 Å². The highest BCUT2D eigenvalue weighted by atomic mass is 16.6. The van der Waals surface area contributed by atoms with Crippen molar-refractivity contribution in [3.63, 3.8) is 0 Å². The van der Waals surface area contributed by atoms with Gasteiger partial charge in [-0.25, -0.2) is 4.79 Å². The summed E-state index contributed by atoms with van der Waals surface area (Å²) in [5, 5.41) is 6.33. The van der Waals surface area contributed by atoms with Crippen molar-refractivity contribution < 1.29 is 9.53 Å². The van der Waals surface area contributed by atoms with E-state index in [1.54, 1.807) is 0 Å². The maximum atomic E-state index is 11.7. The fourth-order valence-corrected chi connectivity index (χ4v) is 1.85. The van der Waals surface area contributed by atoms with Crippen molar-refractivity contribution in [1.29, 1.82) is 0 Å². The standard InChI is InChI=1S/C14H23N3O2/c1-14(2,3)19-13(18)16-9-12(17-10-6-7-10)11-5-4-8-15-11/h4-5,8,10,12,15,17H,6-7,9H2,1-3H3,(H,16,18). The number of hydrogen-bond donors (Lipinski definition) is 3. The molecule has 1 aromatic heterocycles. The summed E-state index contributed by atoms with van der Waals surface area (Å²) in [7, 11) is 0. The van der Waals surface area contributed by atoms with Crippen molar-refractivity contribution in [3.8, 4) is 0 Å². The van der Waals surface area contributed by atoms with Gasteiger partial charge in [0, 0.05) is 24.5 Å². The fraction of sp³-hybridized carbons (Fsp3) is 0.643. The Morgan fingerprint density at radius 2 is 2.26 bits per heavy atom. The second kappa shape index (κ2) is 5.65. The molecule has 1 aliphatic carbocycles. The van der Waals surface area contributed by atoms with E-state index in [0.29, 0.717) is 12.6 Å². The monoisotopic (exact) mass is 265 g/mol. The molecule has 0 aromatic carbocycles. The lowest BCUT2D eigenvalue weighted by Gasteiger charge is -2.22. The quantitative estimate of drug-likeness (QED) is 0.765. The number of ether oxygens (including phenoxy) is 1. The summed E-state index contributed by atoms with van der Waals surface area (Å²) in [6.07, 6.45) is 3.94. The van der Waals surface area contributed by atoms with E-state index in [1.165, 1.54) is 12.8 Å². The van der Waals surface area contributed by atoms with Crippen molar-refractivity contribution >= 4 is 6.09 Å². The number of carbonyl (C=O) groups is 1. The Bertz CT molecular complexity index is 405. The largest absolute Gasteiger partial charge is 0.444 e. The van der Waals surface area contributed by atoms with Gasteiger partial charge in [-0.05, 0) is 45.7 Å². The summed E-state index contributed by atoms with van der Waals surface area (Å²) in [4.78, 5) is 14.9. The molecule has 106 valence electrons. The van der Waals surface area contributed by atoms with Crippen LogP contribution in [0.15, 0.2) is 18.3 Å². The Hall–Kier alpha value is -1.49. The number of carbonyl (C=O) groups excluding carboxylic acids is 1. The van der Waals surface area contributed by atoms with Crippen LogP contribution in [-0.4, -0.2) is 29.3 Å². The number of aromatic nitrogens is 1. The van der Waals surface area contributed by atoms with Crippen molar-refractivity contribution in [2.75, 3.05) is 6.54 Å². The molecule has 0 spiro atoms. The number of aromatic amines is 1. The summed E-state index contributed by atoms with van der Waals surface area (Å²) < 4.78 is 5.24. The van der Waals surface area contributed by atoms with Gasteiger partial charge in [0.1, 0.15) is 5.60 Å². The van der Waals surface area contributed by atoms with E-state index in [-0.39, 0.29) is 12.1 Å². The molecular weight excluding hydrogens is 242 g/mol. The number of amides is 1. The van der Waals surface area contributed by atoms with Crippen molar-refractivity contribution in [1.82, 2.24) is 15.6 Å². The van der Waals surface area contributed by atoms with E-state index < -0.39 is 5.60 Å². The molecule has 0 aliphatic heterocycles. The van der Waals surface area contributed by atoms with Gasteiger partial charge in [-0.2, -0.15) is 0 Å². The summed E-state index contributed by atoms with van der Waals surface area (Å²) in [5.41, 5.74) is 0.624. The highest BCUT2D eigenvalue weighted by Crippen LogP contribution is 2.23. The SMILES string of the molecule is CC(C)(C)OC(=O)NCC(NC1CC1)c1ccc[nH]1. The Morgan fingerprint density at radius 3 is 2.79 bits per heavy atom. The van der Waals surface area contributed by atoms with Gasteiger partial charge >= 0.3 is 6.09 Å². The van der Waals surface area contributed by atoms with Crippen LogP contribution in [0, 0.1) is 0 Å². The molecule has 2 rings (SSSR count). The van der Waals surface area contributed by atoms with E-state index in [2.05, 4.69) is 15.6 Å². The minimum Gasteiger partial charge on any atom is -0.444 e. The summed E-state index contributed by atoms with van der Waals surface area (Å²) in [6, 6.07) is 4.67. The lowest BCUT2D eigenvalue weighted by atomic mass is 10.2. The Morgan fingerprint density at radius 1 is 1.53 bits per heavy atom. The zero-order chi connectivity index (χ0) is 13.9. The fourth-order valence-electron chi connectivity index (χ4n) is 1.85.